The zero-order chi connectivity index (χ0) is 18.4. The maximum atomic E-state index is 12.8. The Morgan fingerprint density at radius 3 is 2.40 bits per heavy atom. The van der Waals surface area contributed by atoms with Crippen molar-refractivity contribution in [2.45, 2.75) is 32.6 Å². The van der Waals surface area contributed by atoms with Crippen LogP contribution >= 0.6 is 0 Å². The van der Waals surface area contributed by atoms with Crippen LogP contribution in [0.3, 0.4) is 0 Å². The summed E-state index contributed by atoms with van der Waals surface area (Å²) >= 11 is 0. The molecule has 1 aromatic carbocycles. The maximum Gasteiger partial charge on any atom is 0.417 e. The van der Waals surface area contributed by atoms with Crippen LogP contribution in [0.2, 0.25) is 0 Å². The van der Waals surface area contributed by atoms with Crippen molar-refractivity contribution in [1.82, 2.24) is 9.47 Å². The number of benzene rings is 1. The lowest BCUT2D eigenvalue weighted by Gasteiger charge is -2.23. The van der Waals surface area contributed by atoms with E-state index in [1.54, 1.807) is 4.90 Å². The molecule has 0 saturated carbocycles. The number of nitrogens with zero attached hydrogens (tertiary/aromatic N) is 2. The van der Waals surface area contributed by atoms with Crippen molar-refractivity contribution >= 4 is 5.91 Å². The molecule has 1 heterocycles. The lowest BCUT2D eigenvalue weighted by Crippen LogP contribution is -2.36. The fraction of sp³-hybridized carbons (Fsp3) is 0.333. The molecule has 0 saturated heterocycles. The molecule has 0 aliphatic heterocycles. The molecule has 0 fully saturated rings. The van der Waals surface area contributed by atoms with E-state index in [0.29, 0.717) is 25.7 Å². The molecule has 2 aromatic rings. The van der Waals surface area contributed by atoms with Crippen LogP contribution in [0.15, 0.2) is 53.5 Å². The molecule has 0 aliphatic carbocycles. The third-order valence-corrected chi connectivity index (χ3v) is 3.68. The highest BCUT2D eigenvalue weighted by atomic mass is 19.4. The van der Waals surface area contributed by atoms with E-state index in [1.165, 1.54) is 0 Å². The van der Waals surface area contributed by atoms with E-state index >= 15 is 0 Å². The number of carbonyl (C=O) groups is 1. The Labute approximate surface area is 143 Å². The number of amides is 1. The third kappa shape index (κ3) is 5.20. The largest absolute Gasteiger partial charge is 0.417 e. The average molecular weight is 352 g/mol. The summed E-state index contributed by atoms with van der Waals surface area (Å²) in [5.74, 6) is -0.396. The van der Waals surface area contributed by atoms with Crippen LogP contribution in [0.25, 0.3) is 0 Å². The summed E-state index contributed by atoms with van der Waals surface area (Å²) in [7, 11) is 0. The predicted octanol–water partition coefficient (Wildman–Crippen LogP) is 3.31. The molecular formula is C18H19F3N2O2. The Morgan fingerprint density at radius 1 is 1.12 bits per heavy atom. The normalized spacial score (nSPS) is 11.4. The Morgan fingerprint density at radius 2 is 1.80 bits per heavy atom. The number of carbonyl (C=O) groups excluding carboxylic acids is 1. The molecule has 0 atom stereocenters. The first-order chi connectivity index (χ1) is 11.8. The number of hydrogen-bond donors (Lipinski definition) is 0. The van der Waals surface area contributed by atoms with E-state index in [-0.39, 0.29) is 0 Å². The fourth-order valence-corrected chi connectivity index (χ4v) is 2.43. The van der Waals surface area contributed by atoms with Crippen molar-refractivity contribution in [2.75, 3.05) is 6.54 Å². The van der Waals surface area contributed by atoms with E-state index in [9.17, 15) is 22.8 Å². The highest BCUT2D eigenvalue weighted by Crippen LogP contribution is 2.28. The highest BCUT2D eigenvalue weighted by Gasteiger charge is 2.31. The van der Waals surface area contributed by atoms with Gasteiger partial charge in [-0.1, -0.05) is 37.3 Å². The lowest BCUT2D eigenvalue weighted by molar-refractivity contribution is -0.138. The van der Waals surface area contributed by atoms with Crippen LogP contribution in [0.5, 0.6) is 0 Å². The number of pyridine rings is 1. The zero-order valence-corrected chi connectivity index (χ0v) is 13.8. The van der Waals surface area contributed by atoms with Crippen molar-refractivity contribution in [1.29, 1.82) is 0 Å². The van der Waals surface area contributed by atoms with E-state index in [4.69, 9.17) is 0 Å². The molecule has 0 bridgehead atoms. The Hall–Kier alpha value is -2.57. The van der Waals surface area contributed by atoms with Crippen LogP contribution in [0.1, 0.15) is 24.5 Å². The van der Waals surface area contributed by atoms with Gasteiger partial charge in [0, 0.05) is 25.4 Å². The molecule has 1 amide bonds. The van der Waals surface area contributed by atoms with Crippen LogP contribution in [-0.2, 0) is 24.1 Å². The molecule has 0 N–H and O–H groups in total. The minimum Gasteiger partial charge on any atom is -0.337 e. The molecule has 0 spiro atoms. The molecule has 134 valence electrons. The van der Waals surface area contributed by atoms with Crippen LogP contribution in [-0.4, -0.2) is 21.9 Å². The van der Waals surface area contributed by atoms with Gasteiger partial charge in [0.05, 0.1) is 5.56 Å². The summed E-state index contributed by atoms with van der Waals surface area (Å²) in [5.41, 5.74) is -0.678. The van der Waals surface area contributed by atoms with E-state index in [1.807, 2.05) is 37.3 Å². The fourth-order valence-electron chi connectivity index (χ4n) is 2.43. The van der Waals surface area contributed by atoms with Gasteiger partial charge in [-0.25, -0.2) is 0 Å². The van der Waals surface area contributed by atoms with Crippen LogP contribution < -0.4 is 5.56 Å². The van der Waals surface area contributed by atoms with Crippen molar-refractivity contribution in [3.8, 4) is 0 Å². The quantitative estimate of drug-likeness (QED) is 0.800. The summed E-state index contributed by atoms with van der Waals surface area (Å²) in [6.07, 6.45) is -3.17. The second kappa shape index (κ2) is 8.00. The van der Waals surface area contributed by atoms with Crippen molar-refractivity contribution in [2.24, 2.45) is 0 Å². The summed E-state index contributed by atoms with van der Waals surface area (Å²) in [6.45, 7) is 2.29. The van der Waals surface area contributed by atoms with Gasteiger partial charge in [-0.3, -0.25) is 9.59 Å². The number of alkyl halides is 3. The smallest absolute Gasteiger partial charge is 0.337 e. The van der Waals surface area contributed by atoms with Gasteiger partial charge in [-0.05, 0) is 18.1 Å². The first-order valence-electron chi connectivity index (χ1n) is 7.90. The van der Waals surface area contributed by atoms with Gasteiger partial charge >= 0.3 is 6.18 Å². The second-order valence-corrected chi connectivity index (χ2v) is 5.68. The topological polar surface area (TPSA) is 42.3 Å². The van der Waals surface area contributed by atoms with Gasteiger partial charge in [0.25, 0.3) is 5.56 Å². The first-order valence-corrected chi connectivity index (χ1v) is 7.90. The average Bonchev–Trinajstić information content (AvgIpc) is 2.56. The van der Waals surface area contributed by atoms with Gasteiger partial charge in [0.15, 0.2) is 0 Å². The molecule has 0 aliphatic rings. The van der Waals surface area contributed by atoms with E-state index in [2.05, 4.69) is 0 Å². The molecule has 4 nitrogen and oxygen atoms in total. The number of aromatic nitrogens is 1. The number of halogens is 3. The SMILES string of the molecule is CCCN(Cc1ccccc1)C(=O)Cn1cc(C(F)(F)F)ccc1=O. The Bertz CT molecular complexity index is 770. The monoisotopic (exact) mass is 352 g/mol. The van der Waals surface area contributed by atoms with Gasteiger partial charge in [0.1, 0.15) is 6.54 Å². The highest BCUT2D eigenvalue weighted by molar-refractivity contribution is 5.76. The van der Waals surface area contributed by atoms with E-state index < -0.39 is 29.8 Å². The predicted molar refractivity (Wildman–Crippen MR) is 87.9 cm³/mol. The molecule has 0 unspecified atom stereocenters. The molecule has 7 heteroatoms. The molecule has 25 heavy (non-hydrogen) atoms. The minimum atomic E-state index is -4.56. The molecular weight excluding hydrogens is 333 g/mol. The third-order valence-electron chi connectivity index (χ3n) is 3.68. The molecule has 1 aromatic heterocycles. The van der Waals surface area contributed by atoms with Gasteiger partial charge < -0.3 is 9.47 Å². The first kappa shape index (κ1) is 18.8. The van der Waals surface area contributed by atoms with E-state index in [0.717, 1.165) is 22.3 Å². The van der Waals surface area contributed by atoms with Crippen LogP contribution in [0, 0.1) is 0 Å². The summed E-state index contributed by atoms with van der Waals surface area (Å²) in [4.78, 5) is 25.8. The summed E-state index contributed by atoms with van der Waals surface area (Å²) in [6, 6.07) is 10.8. The minimum absolute atomic E-state index is 0.348. The van der Waals surface area contributed by atoms with Crippen molar-refractivity contribution < 1.29 is 18.0 Å². The lowest BCUT2D eigenvalue weighted by atomic mass is 10.2. The maximum absolute atomic E-state index is 12.8. The van der Waals surface area contributed by atoms with Gasteiger partial charge in [-0.15, -0.1) is 0 Å². The number of rotatable bonds is 6. The Kier molecular flexibility index (Phi) is 6.01. The molecule has 0 radical (unpaired) electrons. The zero-order valence-electron chi connectivity index (χ0n) is 13.8. The van der Waals surface area contributed by atoms with Crippen LogP contribution in [0.4, 0.5) is 13.2 Å². The van der Waals surface area contributed by atoms with Crippen molar-refractivity contribution in [3.05, 3.63) is 70.1 Å². The Balaban J connectivity index is 2.19. The van der Waals surface area contributed by atoms with Crippen molar-refractivity contribution in [3.63, 3.8) is 0 Å². The summed E-state index contributed by atoms with van der Waals surface area (Å²) < 4.78 is 39.2. The standard InChI is InChI=1S/C18H19F3N2O2/c1-2-10-22(11-14-6-4-3-5-7-14)17(25)13-23-12-15(18(19,20)21)8-9-16(23)24/h3-9,12H,2,10-11,13H2,1H3. The summed E-state index contributed by atoms with van der Waals surface area (Å²) in [5, 5.41) is 0. The molecule has 2 rings (SSSR count). The second-order valence-electron chi connectivity index (χ2n) is 5.68. The van der Waals surface area contributed by atoms with Gasteiger partial charge in [0.2, 0.25) is 5.91 Å². The van der Waals surface area contributed by atoms with Gasteiger partial charge in [-0.2, -0.15) is 13.2 Å². The number of hydrogen-bond acceptors (Lipinski definition) is 2.